The van der Waals surface area contributed by atoms with Gasteiger partial charge >= 0.3 is 11.7 Å². The fourth-order valence-corrected chi connectivity index (χ4v) is 1.86. The van der Waals surface area contributed by atoms with E-state index in [0.29, 0.717) is 11.0 Å². The van der Waals surface area contributed by atoms with Crippen LogP contribution in [0.3, 0.4) is 0 Å². The number of aromatic nitrogens is 2. The highest BCUT2D eigenvalue weighted by molar-refractivity contribution is 6.40. The summed E-state index contributed by atoms with van der Waals surface area (Å²) in [5, 5.41) is 0. The molecule has 0 atom stereocenters. The molecule has 2 aromatic rings. The maximum atomic E-state index is 11.7. The Labute approximate surface area is 102 Å². The number of nitrogens with zero attached hydrogens (tertiary/aromatic N) is 2. The van der Waals surface area contributed by atoms with E-state index in [2.05, 4.69) is 4.74 Å². The molecule has 0 aliphatic heterocycles. The Kier molecular flexibility index (Phi) is 2.78. The van der Waals surface area contributed by atoms with Gasteiger partial charge < -0.3 is 4.74 Å². The molecule has 0 spiro atoms. The summed E-state index contributed by atoms with van der Waals surface area (Å²) in [6.07, 6.45) is 0. The van der Waals surface area contributed by atoms with Gasteiger partial charge in [0.05, 0.1) is 18.1 Å². The largest absolute Gasteiger partial charge is 0.463 e. The van der Waals surface area contributed by atoms with E-state index in [0.717, 1.165) is 7.11 Å². The number of Topliss-reactive ketones (excluding diaryl/α,β-unsaturated/α-hetero) is 1. The molecule has 0 aliphatic rings. The van der Waals surface area contributed by atoms with Crippen LogP contribution in [0.1, 0.15) is 10.4 Å². The first-order valence-electron chi connectivity index (χ1n) is 5.25. The lowest BCUT2D eigenvalue weighted by Crippen LogP contribution is -2.19. The molecule has 2 rings (SSSR count). The second-order valence-corrected chi connectivity index (χ2v) is 3.92. The number of hydrogen-bond donors (Lipinski definition) is 0. The van der Waals surface area contributed by atoms with Crippen molar-refractivity contribution in [1.29, 1.82) is 0 Å². The molecule has 1 heterocycles. The van der Waals surface area contributed by atoms with E-state index in [4.69, 9.17) is 0 Å². The first-order chi connectivity index (χ1) is 8.47. The molecule has 6 heteroatoms. The van der Waals surface area contributed by atoms with E-state index in [1.54, 1.807) is 20.2 Å². The Morgan fingerprint density at radius 2 is 1.72 bits per heavy atom. The monoisotopic (exact) mass is 248 g/mol. The summed E-state index contributed by atoms with van der Waals surface area (Å²) in [5.41, 5.74) is 1.31. The van der Waals surface area contributed by atoms with Crippen LogP contribution in [0.5, 0.6) is 0 Å². The Morgan fingerprint density at radius 3 is 2.33 bits per heavy atom. The van der Waals surface area contributed by atoms with Gasteiger partial charge in [0.2, 0.25) is 0 Å². The second kappa shape index (κ2) is 4.14. The van der Waals surface area contributed by atoms with Crippen molar-refractivity contribution in [1.82, 2.24) is 9.13 Å². The smallest absolute Gasteiger partial charge is 0.379 e. The molecule has 0 bridgehead atoms. The summed E-state index contributed by atoms with van der Waals surface area (Å²) in [4.78, 5) is 34.5. The first kappa shape index (κ1) is 12.1. The summed E-state index contributed by atoms with van der Waals surface area (Å²) in [7, 11) is 4.40. The highest BCUT2D eigenvalue weighted by Gasteiger charge is 2.18. The van der Waals surface area contributed by atoms with Crippen LogP contribution in [0.2, 0.25) is 0 Å². The molecule has 6 nitrogen and oxygen atoms in total. The molecule has 0 saturated carbocycles. The van der Waals surface area contributed by atoms with Crippen molar-refractivity contribution < 1.29 is 14.3 Å². The van der Waals surface area contributed by atoms with Gasteiger partial charge in [-0.05, 0) is 18.2 Å². The number of ketones is 1. The van der Waals surface area contributed by atoms with Crippen molar-refractivity contribution in [2.75, 3.05) is 7.11 Å². The van der Waals surface area contributed by atoms with Gasteiger partial charge in [-0.1, -0.05) is 0 Å². The number of aryl methyl sites for hydroxylation is 2. The summed E-state index contributed by atoms with van der Waals surface area (Å²) in [6, 6.07) is 4.64. The molecule has 0 amide bonds. The van der Waals surface area contributed by atoms with E-state index in [1.807, 2.05) is 0 Å². The Hall–Kier alpha value is -2.37. The zero-order chi connectivity index (χ0) is 13.4. The number of carbonyl (C=O) groups excluding carboxylic acids is 2. The first-order valence-corrected chi connectivity index (χ1v) is 5.25. The number of ether oxygens (including phenoxy) is 1. The normalized spacial score (nSPS) is 10.6. The molecule has 0 saturated heterocycles. The van der Waals surface area contributed by atoms with Gasteiger partial charge in [0, 0.05) is 19.7 Å². The molecule has 0 unspecified atom stereocenters. The SMILES string of the molecule is COC(=O)C(=O)c1ccc2c(c1)n(C)c(=O)n2C. The van der Waals surface area contributed by atoms with Crippen molar-refractivity contribution in [2.45, 2.75) is 0 Å². The standard InChI is InChI=1S/C12H12N2O4/c1-13-8-5-4-7(10(15)11(16)18-3)6-9(8)14(2)12(13)17/h4-6H,1-3H3. The average molecular weight is 248 g/mol. The third-order valence-corrected chi connectivity index (χ3v) is 2.90. The fourth-order valence-electron chi connectivity index (χ4n) is 1.86. The van der Waals surface area contributed by atoms with Crippen LogP contribution < -0.4 is 5.69 Å². The minimum atomic E-state index is -0.921. The van der Waals surface area contributed by atoms with E-state index in [-0.39, 0.29) is 11.3 Å². The second-order valence-electron chi connectivity index (χ2n) is 3.92. The summed E-state index contributed by atoms with van der Waals surface area (Å²) in [5.74, 6) is -1.65. The molecule has 1 aromatic carbocycles. The number of benzene rings is 1. The van der Waals surface area contributed by atoms with Crippen LogP contribution in [-0.2, 0) is 23.6 Å². The van der Waals surface area contributed by atoms with E-state index < -0.39 is 11.8 Å². The predicted molar refractivity (Wildman–Crippen MR) is 64.5 cm³/mol. The molecule has 0 aliphatic carbocycles. The Morgan fingerprint density at radius 1 is 1.11 bits per heavy atom. The Balaban J connectivity index is 2.65. The van der Waals surface area contributed by atoms with Crippen molar-refractivity contribution in [2.24, 2.45) is 14.1 Å². The number of methoxy groups -OCH3 is 1. The number of rotatable bonds is 2. The van der Waals surface area contributed by atoms with Gasteiger partial charge in [0.25, 0.3) is 5.78 Å². The van der Waals surface area contributed by atoms with E-state index in [1.165, 1.54) is 21.3 Å². The molecule has 0 N–H and O–H groups in total. The van der Waals surface area contributed by atoms with Crippen LogP contribution >= 0.6 is 0 Å². The number of fused-ring (bicyclic) bond motifs is 1. The molecule has 0 fully saturated rings. The third kappa shape index (κ3) is 1.62. The average Bonchev–Trinajstić information content (AvgIpc) is 2.61. The van der Waals surface area contributed by atoms with Crippen molar-refractivity contribution >= 4 is 22.8 Å². The molecule has 0 radical (unpaired) electrons. The lowest BCUT2D eigenvalue weighted by Gasteiger charge is -2.00. The number of carbonyl (C=O) groups is 2. The Bertz CT molecular complexity index is 709. The lowest BCUT2D eigenvalue weighted by molar-refractivity contribution is -0.135. The quantitative estimate of drug-likeness (QED) is 0.433. The van der Waals surface area contributed by atoms with Crippen LogP contribution in [-0.4, -0.2) is 28.0 Å². The third-order valence-electron chi connectivity index (χ3n) is 2.90. The van der Waals surface area contributed by atoms with Gasteiger partial charge in [-0.3, -0.25) is 13.9 Å². The summed E-state index contributed by atoms with van der Waals surface area (Å²) >= 11 is 0. The highest BCUT2D eigenvalue weighted by atomic mass is 16.5. The molecular weight excluding hydrogens is 236 g/mol. The van der Waals surface area contributed by atoms with Gasteiger partial charge in [0.1, 0.15) is 0 Å². The zero-order valence-corrected chi connectivity index (χ0v) is 10.3. The van der Waals surface area contributed by atoms with Crippen molar-refractivity contribution in [3.8, 4) is 0 Å². The number of imidazole rings is 1. The van der Waals surface area contributed by atoms with Crippen LogP contribution in [0.25, 0.3) is 11.0 Å². The van der Waals surface area contributed by atoms with Crippen LogP contribution in [0.4, 0.5) is 0 Å². The summed E-state index contributed by atoms with van der Waals surface area (Å²) < 4.78 is 7.27. The minimum absolute atomic E-state index is 0.187. The fraction of sp³-hybridized carbons (Fsp3) is 0.250. The van der Waals surface area contributed by atoms with Crippen LogP contribution in [0.15, 0.2) is 23.0 Å². The van der Waals surface area contributed by atoms with E-state index in [9.17, 15) is 14.4 Å². The zero-order valence-electron chi connectivity index (χ0n) is 10.3. The topological polar surface area (TPSA) is 70.3 Å². The maximum absolute atomic E-state index is 11.7. The van der Waals surface area contributed by atoms with Gasteiger partial charge in [-0.25, -0.2) is 9.59 Å². The van der Waals surface area contributed by atoms with Gasteiger partial charge in [-0.15, -0.1) is 0 Å². The lowest BCUT2D eigenvalue weighted by atomic mass is 10.1. The molecule has 94 valence electrons. The summed E-state index contributed by atoms with van der Waals surface area (Å²) in [6.45, 7) is 0. The molecular formula is C12H12N2O4. The van der Waals surface area contributed by atoms with Gasteiger partial charge in [0.15, 0.2) is 0 Å². The van der Waals surface area contributed by atoms with Crippen molar-refractivity contribution in [3.05, 3.63) is 34.2 Å². The highest BCUT2D eigenvalue weighted by Crippen LogP contribution is 2.14. The maximum Gasteiger partial charge on any atom is 0.379 e. The van der Waals surface area contributed by atoms with Crippen LogP contribution in [0, 0.1) is 0 Å². The minimum Gasteiger partial charge on any atom is -0.463 e. The van der Waals surface area contributed by atoms with Gasteiger partial charge in [-0.2, -0.15) is 0 Å². The van der Waals surface area contributed by atoms with E-state index >= 15 is 0 Å². The predicted octanol–water partition coefficient (Wildman–Crippen LogP) is 0.233. The molecule has 18 heavy (non-hydrogen) atoms. The number of hydrogen-bond acceptors (Lipinski definition) is 4. The molecule has 1 aromatic heterocycles. The van der Waals surface area contributed by atoms with Crippen molar-refractivity contribution in [3.63, 3.8) is 0 Å². The number of esters is 1.